The highest BCUT2D eigenvalue weighted by Crippen LogP contribution is 1.85. The van der Waals surface area contributed by atoms with Crippen LogP contribution in [0.5, 0.6) is 0 Å². The monoisotopic (exact) mass is 127 g/mol. The molecule has 0 amide bonds. The topological polar surface area (TPSA) is 52.6 Å². The summed E-state index contributed by atoms with van der Waals surface area (Å²) >= 11 is 0. The van der Waals surface area contributed by atoms with Crippen molar-refractivity contribution in [3.8, 4) is 0 Å². The minimum Gasteiger partial charge on any atom is -0.252 e. The van der Waals surface area contributed by atoms with E-state index in [-0.39, 0.29) is 1.43 Å². The van der Waals surface area contributed by atoms with Crippen LogP contribution in [-0.2, 0) is 18.8 Å². The SMILES string of the molecule is COS(=O)(=O)OC.[H+]. The maximum Gasteiger partial charge on any atom is 1.00 e. The van der Waals surface area contributed by atoms with Gasteiger partial charge in [-0.2, -0.15) is 8.42 Å². The van der Waals surface area contributed by atoms with Crippen molar-refractivity contribution in [2.45, 2.75) is 0 Å². The Kier molecular flexibility index (Phi) is 2.21. The molecule has 0 aliphatic heterocycles. The Hall–Kier alpha value is -0.130. The van der Waals surface area contributed by atoms with Crippen LogP contribution in [0.25, 0.3) is 0 Å². The summed E-state index contributed by atoms with van der Waals surface area (Å²) in [7, 11) is -1.60. The van der Waals surface area contributed by atoms with E-state index in [1.54, 1.807) is 0 Å². The third-order valence-electron chi connectivity index (χ3n) is 0.408. The molecular formula is C2H7O4S+. The first-order valence-electron chi connectivity index (χ1n) is 1.48. The maximum atomic E-state index is 9.92. The fourth-order valence-corrected chi connectivity index (χ4v) is 0.204. The Morgan fingerprint density at radius 3 is 1.57 bits per heavy atom. The molecule has 0 aromatic heterocycles. The molecule has 7 heavy (non-hydrogen) atoms. The minimum atomic E-state index is -3.66. The Morgan fingerprint density at radius 1 is 1.29 bits per heavy atom. The summed E-state index contributed by atoms with van der Waals surface area (Å²) in [5, 5.41) is 0. The van der Waals surface area contributed by atoms with Crippen LogP contribution in [-0.4, -0.2) is 22.6 Å². The molecule has 0 aliphatic rings. The smallest absolute Gasteiger partial charge is 0.252 e. The maximum absolute atomic E-state index is 9.92. The summed E-state index contributed by atoms with van der Waals surface area (Å²) in [6.07, 6.45) is 0. The molecule has 0 rings (SSSR count). The summed E-state index contributed by atoms with van der Waals surface area (Å²) in [5.74, 6) is 0. The summed E-state index contributed by atoms with van der Waals surface area (Å²) in [6.45, 7) is 0. The third kappa shape index (κ3) is 2.55. The van der Waals surface area contributed by atoms with Gasteiger partial charge in [0, 0.05) is 0 Å². The van der Waals surface area contributed by atoms with Crippen molar-refractivity contribution in [3.05, 3.63) is 0 Å². The lowest BCUT2D eigenvalue weighted by atomic mass is 11.8. The van der Waals surface area contributed by atoms with Crippen LogP contribution in [0.4, 0.5) is 0 Å². The van der Waals surface area contributed by atoms with Gasteiger partial charge in [-0.1, -0.05) is 0 Å². The van der Waals surface area contributed by atoms with Gasteiger partial charge in [0.2, 0.25) is 0 Å². The molecule has 0 unspecified atom stereocenters. The lowest BCUT2D eigenvalue weighted by Gasteiger charge is -1.91. The summed E-state index contributed by atoms with van der Waals surface area (Å²) in [6, 6.07) is 0. The quantitative estimate of drug-likeness (QED) is 0.508. The predicted octanol–water partition coefficient (Wildman–Crippen LogP) is -0.363. The highest BCUT2D eigenvalue weighted by molar-refractivity contribution is 7.81. The molecule has 0 spiro atoms. The van der Waals surface area contributed by atoms with Crippen LogP contribution < -0.4 is 0 Å². The number of rotatable bonds is 2. The average Bonchev–Trinajstić information content (AvgIpc) is 1.68. The van der Waals surface area contributed by atoms with Crippen LogP contribution in [0.15, 0.2) is 0 Å². The van der Waals surface area contributed by atoms with Gasteiger partial charge in [-0.15, -0.1) is 0 Å². The summed E-state index contributed by atoms with van der Waals surface area (Å²) in [5.41, 5.74) is 0. The van der Waals surface area contributed by atoms with Crippen molar-refractivity contribution in [3.63, 3.8) is 0 Å². The van der Waals surface area contributed by atoms with Crippen molar-refractivity contribution in [2.75, 3.05) is 14.2 Å². The first-order valence-corrected chi connectivity index (χ1v) is 2.82. The average molecular weight is 127 g/mol. The molecule has 0 aliphatic carbocycles. The van der Waals surface area contributed by atoms with Gasteiger partial charge >= 0.3 is 11.8 Å². The second kappa shape index (κ2) is 2.25. The normalized spacial score (nSPS) is 11.7. The fraction of sp³-hybridized carbons (Fsp3) is 1.00. The first kappa shape index (κ1) is 6.87. The van der Waals surface area contributed by atoms with Gasteiger partial charge in [0.05, 0.1) is 14.2 Å². The molecule has 0 radical (unpaired) electrons. The van der Waals surface area contributed by atoms with Crippen molar-refractivity contribution >= 4 is 10.4 Å². The van der Waals surface area contributed by atoms with E-state index in [2.05, 4.69) is 8.37 Å². The van der Waals surface area contributed by atoms with E-state index in [4.69, 9.17) is 0 Å². The van der Waals surface area contributed by atoms with Gasteiger partial charge in [0.1, 0.15) is 0 Å². The van der Waals surface area contributed by atoms with Crippen LogP contribution in [0.2, 0.25) is 0 Å². The molecule has 0 atom stereocenters. The van der Waals surface area contributed by atoms with Crippen molar-refractivity contribution in [1.82, 2.24) is 0 Å². The number of hydrogen-bond donors (Lipinski definition) is 0. The van der Waals surface area contributed by atoms with Crippen molar-refractivity contribution in [2.24, 2.45) is 0 Å². The van der Waals surface area contributed by atoms with Crippen LogP contribution in [0.3, 0.4) is 0 Å². The van der Waals surface area contributed by atoms with E-state index in [1.807, 2.05) is 0 Å². The van der Waals surface area contributed by atoms with Crippen LogP contribution in [0, 0.1) is 0 Å². The first-order chi connectivity index (χ1) is 3.12. The van der Waals surface area contributed by atoms with Crippen LogP contribution >= 0.6 is 0 Å². The Bertz CT molecular complexity index is 117. The zero-order chi connectivity index (χ0) is 5.91. The Balaban J connectivity index is 0. The molecule has 4 nitrogen and oxygen atoms in total. The lowest BCUT2D eigenvalue weighted by molar-refractivity contribution is 0.286. The molecule has 0 saturated carbocycles. The molecule has 0 bridgehead atoms. The van der Waals surface area contributed by atoms with Gasteiger partial charge in [-0.05, 0) is 0 Å². The highest BCUT2D eigenvalue weighted by Gasteiger charge is 2.01. The van der Waals surface area contributed by atoms with E-state index in [0.29, 0.717) is 0 Å². The van der Waals surface area contributed by atoms with Gasteiger partial charge < -0.3 is 0 Å². The van der Waals surface area contributed by atoms with E-state index in [1.165, 1.54) is 0 Å². The van der Waals surface area contributed by atoms with Crippen molar-refractivity contribution in [1.29, 1.82) is 0 Å². The molecule has 44 valence electrons. The molecule has 0 heterocycles. The van der Waals surface area contributed by atoms with E-state index >= 15 is 0 Å². The summed E-state index contributed by atoms with van der Waals surface area (Å²) in [4.78, 5) is 0. The third-order valence-corrected chi connectivity index (χ3v) is 1.22. The summed E-state index contributed by atoms with van der Waals surface area (Å²) < 4.78 is 27.5. The molecule has 0 aromatic rings. The van der Waals surface area contributed by atoms with E-state index < -0.39 is 10.4 Å². The minimum absolute atomic E-state index is 0. The molecule has 0 aromatic carbocycles. The van der Waals surface area contributed by atoms with Gasteiger partial charge in [0.25, 0.3) is 0 Å². The Morgan fingerprint density at radius 2 is 1.57 bits per heavy atom. The van der Waals surface area contributed by atoms with Gasteiger partial charge in [0.15, 0.2) is 0 Å². The second-order valence-corrected chi connectivity index (χ2v) is 2.22. The van der Waals surface area contributed by atoms with E-state index in [9.17, 15) is 8.42 Å². The standard InChI is InChI=1S/C2H6O4S/c1-5-7(3,4)6-2/h1-2H3/p+1. The largest absolute Gasteiger partial charge is 1.00 e. The highest BCUT2D eigenvalue weighted by atomic mass is 32.3. The number of hydrogen-bond acceptors (Lipinski definition) is 4. The van der Waals surface area contributed by atoms with Crippen molar-refractivity contribution < 1.29 is 18.2 Å². The zero-order valence-corrected chi connectivity index (χ0v) is 4.86. The molecular weight excluding hydrogens is 120 g/mol. The fourth-order valence-electron chi connectivity index (χ4n) is 0.0680. The Labute approximate surface area is 43.9 Å². The van der Waals surface area contributed by atoms with Crippen LogP contribution in [0.1, 0.15) is 1.43 Å². The second-order valence-electron chi connectivity index (χ2n) is 0.742. The zero-order valence-electron chi connectivity index (χ0n) is 5.04. The molecule has 5 heteroatoms. The molecule has 0 N–H and O–H groups in total. The van der Waals surface area contributed by atoms with E-state index in [0.717, 1.165) is 14.2 Å². The molecule has 0 saturated heterocycles. The van der Waals surface area contributed by atoms with Gasteiger partial charge in [-0.25, -0.2) is 0 Å². The lowest BCUT2D eigenvalue weighted by Crippen LogP contribution is -2.02. The van der Waals surface area contributed by atoms with Gasteiger partial charge in [-0.3, -0.25) is 8.37 Å². The molecule has 0 fully saturated rings. The predicted molar refractivity (Wildman–Crippen MR) is 24.0 cm³/mol.